The van der Waals surface area contributed by atoms with E-state index in [4.69, 9.17) is 30.5 Å². The Kier molecular flexibility index (Phi) is 7.56. The third-order valence-corrected chi connectivity index (χ3v) is 5.61. The number of halogens is 1. The highest BCUT2D eigenvalue weighted by molar-refractivity contribution is 6.30. The molecule has 36 heavy (non-hydrogen) atoms. The molecule has 0 amide bonds. The van der Waals surface area contributed by atoms with E-state index in [9.17, 15) is 9.59 Å². The number of hydrogen-bond donors (Lipinski definition) is 0. The van der Waals surface area contributed by atoms with Crippen LogP contribution in [0.15, 0.2) is 72.8 Å². The highest BCUT2D eigenvalue weighted by Crippen LogP contribution is 2.36. The summed E-state index contributed by atoms with van der Waals surface area (Å²) >= 11 is 6.06. The molecular weight excluding hydrogens is 484 g/mol. The molecule has 8 nitrogen and oxygen atoms in total. The fourth-order valence-corrected chi connectivity index (χ4v) is 3.89. The Morgan fingerprint density at radius 2 is 1.61 bits per heavy atom. The predicted molar refractivity (Wildman–Crippen MR) is 134 cm³/mol. The van der Waals surface area contributed by atoms with Crippen LogP contribution >= 0.6 is 11.6 Å². The zero-order valence-electron chi connectivity index (χ0n) is 19.9. The van der Waals surface area contributed by atoms with Gasteiger partial charge in [0.25, 0.3) is 0 Å². The molecule has 0 radical (unpaired) electrons. The fraction of sp³-hybridized carbons (Fsp3) is 0.148. The quantitative estimate of drug-likeness (QED) is 0.297. The van der Waals surface area contributed by atoms with E-state index in [0.717, 1.165) is 5.56 Å². The molecule has 0 unspecified atom stereocenters. The third-order valence-electron chi connectivity index (χ3n) is 5.37. The second-order valence-electron chi connectivity index (χ2n) is 7.59. The molecule has 0 fully saturated rings. The number of hydrogen-bond acceptors (Lipinski definition) is 7. The molecule has 0 saturated carbocycles. The first-order valence-electron chi connectivity index (χ1n) is 10.9. The van der Waals surface area contributed by atoms with Crippen molar-refractivity contribution in [3.8, 4) is 28.4 Å². The van der Waals surface area contributed by atoms with Gasteiger partial charge in [0.15, 0.2) is 17.2 Å². The molecule has 184 valence electrons. The van der Waals surface area contributed by atoms with E-state index in [0.29, 0.717) is 27.8 Å². The molecular formula is C27H23ClN2O6. The minimum absolute atomic E-state index is 0.0251. The molecule has 0 spiro atoms. The average molecular weight is 507 g/mol. The lowest BCUT2D eigenvalue weighted by Gasteiger charge is -2.12. The molecule has 0 bridgehead atoms. The molecule has 0 N–H and O–H groups in total. The number of aromatic nitrogens is 2. The maximum Gasteiger partial charge on any atom is 0.357 e. The number of rotatable bonds is 8. The molecule has 0 atom stereocenters. The zero-order valence-corrected chi connectivity index (χ0v) is 20.6. The van der Waals surface area contributed by atoms with Crippen LogP contribution in [0.4, 0.5) is 0 Å². The van der Waals surface area contributed by atoms with Crippen LogP contribution in [0.2, 0.25) is 5.02 Å². The molecule has 1 heterocycles. The third kappa shape index (κ3) is 5.04. The summed E-state index contributed by atoms with van der Waals surface area (Å²) in [5.74, 6) is -0.560. The first-order valence-corrected chi connectivity index (χ1v) is 11.2. The van der Waals surface area contributed by atoms with Crippen LogP contribution < -0.4 is 9.47 Å². The number of methoxy groups -OCH3 is 3. The number of benzene rings is 3. The lowest BCUT2D eigenvalue weighted by molar-refractivity contribution is 0.0549. The van der Waals surface area contributed by atoms with E-state index in [2.05, 4.69) is 5.10 Å². The van der Waals surface area contributed by atoms with Crippen molar-refractivity contribution < 1.29 is 28.5 Å². The predicted octanol–water partition coefficient (Wildman–Crippen LogP) is 5.35. The fourth-order valence-electron chi connectivity index (χ4n) is 3.68. The van der Waals surface area contributed by atoms with Gasteiger partial charge in [0.05, 0.1) is 27.0 Å². The Hall–Kier alpha value is -4.30. The van der Waals surface area contributed by atoms with Crippen LogP contribution in [-0.2, 0) is 16.1 Å². The van der Waals surface area contributed by atoms with Gasteiger partial charge in [-0.15, -0.1) is 0 Å². The van der Waals surface area contributed by atoms with Crippen LogP contribution in [0.3, 0.4) is 0 Å². The molecule has 3 aromatic carbocycles. The van der Waals surface area contributed by atoms with Gasteiger partial charge in [-0.3, -0.25) is 0 Å². The van der Waals surface area contributed by atoms with Gasteiger partial charge in [0.2, 0.25) is 0 Å². The largest absolute Gasteiger partial charge is 0.493 e. The Labute approximate surface area is 212 Å². The normalized spacial score (nSPS) is 10.6. The first kappa shape index (κ1) is 24.8. The summed E-state index contributed by atoms with van der Waals surface area (Å²) in [6.07, 6.45) is 0. The van der Waals surface area contributed by atoms with Gasteiger partial charge in [-0.05, 0) is 48.0 Å². The van der Waals surface area contributed by atoms with Crippen LogP contribution in [-0.4, -0.2) is 43.0 Å². The van der Waals surface area contributed by atoms with Gasteiger partial charge in [-0.25, -0.2) is 14.3 Å². The number of para-hydroxylation sites is 1. The molecule has 1 aromatic heterocycles. The van der Waals surface area contributed by atoms with Crippen molar-refractivity contribution in [1.82, 2.24) is 9.78 Å². The second-order valence-corrected chi connectivity index (χ2v) is 8.02. The summed E-state index contributed by atoms with van der Waals surface area (Å²) in [4.78, 5) is 25.6. The number of nitrogens with zero attached hydrogens (tertiary/aromatic N) is 2. The standard InChI is InChI=1S/C27H23ClN2O6/c1-33-22-15-18(12-13-21(22)36-16-17-8-7-9-19(28)14-17)24-23(26(31)34-2)25(27(32)35-3)30(29-24)20-10-5-4-6-11-20/h4-15H,16H2,1-3H3. The first-order chi connectivity index (χ1) is 17.5. The van der Waals surface area contributed by atoms with Crippen molar-refractivity contribution in [2.45, 2.75) is 6.61 Å². The minimum atomic E-state index is -0.730. The summed E-state index contributed by atoms with van der Waals surface area (Å²) in [5.41, 5.74) is 2.13. The van der Waals surface area contributed by atoms with E-state index >= 15 is 0 Å². The van der Waals surface area contributed by atoms with Gasteiger partial charge in [-0.2, -0.15) is 5.10 Å². The van der Waals surface area contributed by atoms with Crippen molar-refractivity contribution in [2.24, 2.45) is 0 Å². The van der Waals surface area contributed by atoms with Crippen LogP contribution in [0.5, 0.6) is 11.5 Å². The number of carbonyl (C=O) groups excluding carboxylic acids is 2. The average Bonchev–Trinajstić information content (AvgIpc) is 3.32. The topological polar surface area (TPSA) is 88.9 Å². The molecule has 0 aliphatic rings. The lowest BCUT2D eigenvalue weighted by Crippen LogP contribution is -2.15. The summed E-state index contributed by atoms with van der Waals surface area (Å²) in [7, 11) is 3.98. The maximum absolute atomic E-state index is 12.9. The van der Waals surface area contributed by atoms with Gasteiger partial charge in [-0.1, -0.05) is 41.9 Å². The lowest BCUT2D eigenvalue weighted by atomic mass is 10.0. The number of esters is 2. The summed E-state index contributed by atoms with van der Waals surface area (Å²) in [6.45, 7) is 0.277. The molecule has 0 aliphatic heterocycles. The van der Waals surface area contributed by atoms with Crippen molar-refractivity contribution in [2.75, 3.05) is 21.3 Å². The van der Waals surface area contributed by atoms with Gasteiger partial charge in [0, 0.05) is 10.6 Å². The van der Waals surface area contributed by atoms with Gasteiger partial charge >= 0.3 is 11.9 Å². The van der Waals surface area contributed by atoms with Crippen molar-refractivity contribution >= 4 is 23.5 Å². The van der Waals surface area contributed by atoms with E-state index in [1.807, 2.05) is 24.3 Å². The van der Waals surface area contributed by atoms with Crippen LogP contribution in [0.25, 0.3) is 16.9 Å². The number of ether oxygens (including phenoxy) is 4. The van der Waals surface area contributed by atoms with Gasteiger partial charge in [0.1, 0.15) is 17.9 Å². The smallest absolute Gasteiger partial charge is 0.357 e. The van der Waals surface area contributed by atoms with Gasteiger partial charge < -0.3 is 18.9 Å². The molecule has 0 saturated heterocycles. The van der Waals surface area contributed by atoms with Crippen LogP contribution in [0.1, 0.15) is 26.4 Å². The SMILES string of the molecule is COC(=O)c1c(-c2ccc(OCc3cccc(Cl)c3)c(OC)c2)nn(-c2ccccc2)c1C(=O)OC. The van der Waals surface area contributed by atoms with E-state index in [1.165, 1.54) is 26.0 Å². The zero-order chi connectivity index (χ0) is 25.7. The van der Waals surface area contributed by atoms with Crippen molar-refractivity contribution in [3.63, 3.8) is 0 Å². The summed E-state index contributed by atoms with van der Waals surface area (Å²) in [5, 5.41) is 5.22. The van der Waals surface area contributed by atoms with Crippen molar-refractivity contribution in [1.29, 1.82) is 0 Å². The van der Waals surface area contributed by atoms with E-state index < -0.39 is 11.9 Å². The van der Waals surface area contributed by atoms with E-state index in [1.54, 1.807) is 48.5 Å². The summed E-state index contributed by atoms with van der Waals surface area (Å²) in [6, 6.07) is 21.4. The molecule has 4 aromatic rings. The molecule has 0 aliphatic carbocycles. The summed E-state index contributed by atoms with van der Waals surface area (Å²) < 4.78 is 22.8. The highest BCUT2D eigenvalue weighted by atomic mass is 35.5. The number of carbonyl (C=O) groups is 2. The Morgan fingerprint density at radius 3 is 2.28 bits per heavy atom. The Bertz CT molecular complexity index is 1400. The van der Waals surface area contributed by atoms with Crippen molar-refractivity contribution in [3.05, 3.63) is 94.6 Å². The molecule has 4 rings (SSSR count). The van der Waals surface area contributed by atoms with E-state index in [-0.39, 0.29) is 23.6 Å². The highest BCUT2D eigenvalue weighted by Gasteiger charge is 2.31. The Morgan fingerprint density at radius 1 is 0.861 bits per heavy atom. The second kappa shape index (κ2) is 11.0. The van der Waals surface area contributed by atoms with Crippen LogP contribution in [0, 0.1) is 0 Å². The Balaban J connectivity index is 1.80. The minimum Gasteiger partial charge on any atom is -0.493 e. The maximum atomic E-state index is 12.9. The monoisotopic (exact) mass is 506 g/mol. The molecule has 9 heteroatoms.